The predicted molar refractivity (Wildman–Crippen MR) is 87.7 cm³/mol. The van der Waals surface area contributed by atoms with Gasteiger partial charge in [0.25, 0.3) is 0 Å². The zero-order chi connectivity index (χ0) is 15.5. The maximum atomic E-state index is 12.4. The summed E-state index contributed by atoms with van der Waals surface area (Å²) >= 11 is 6.04. The van der Waals surface area contributed by atoms with Crippen molar-refractivity contribution in [3.8, 4) is 0 Å². The summed E-state index contributed by atoms with van der Waals surface area (Å²) in [6, 6.07) is 7.48. The first-order valence-electron chi connectivity index (χ1n) is 6.99. The lowest BCUT2D eigenvalue weighted by atomic mass is 10.1. The first kappa shape index (κ1) is 16.5. The van der Waals surface area contributed by atoms with Crippen molar-refractivity contribution in [2.24, 2.45) is 0 Å². The molecule has 0 N–H and O–H groups in total. The molecule has 1 aromatic carbocycles. The fraction of sp³-hybridized carbons (Fsp3) is 0.467. The van der Waals surface area contributed by atoms with Crippen LogP contribution in [0.2, 0.25) is 5.02 Å². The molecule has 116 valence electrons. The van der Waals surface area contributed by atoms with Gasteiger partial charge in [-0.3, -0.25) is 0 Å². The second-order valence-electron chi connectivity index (χ2n) is 5.49. The van der Waals surface area contributed by atoms with Crippen LogP contribution in [-0.4, -0.2) is 50.8 Å². The van der Waals surface area contributed by atoms with Crippen LogP contribution in [0.4, 0.5) is 0 Å². The van der Waals surface area contributed by atoms with E-state index in [-0.39, 0.29) is 6.04 Å². The van der Waals surface area contributed by atoms with E-state index in [4.69, 9.17) is 11.6 Å². The van der Waals surface area contributed by atoms with Crippen LogP contribution in [0.25, 0.3) is 6.08 Å². The van der Waals surface area contributed by atoms with Gasteiger partial charge in [0.2, 0.25) is 10.0 Å². The van der Waals surface area contributed by atoms with Crippen molar-refractivity contribution in [1.29, 1.82) is 0 Å². The van der Waals surface area contributed by atoms with Gasteiger partial charge in [0.15, 0.2) is 0 Å². The highest BCUT2D eigenvalue weighted by Gasteiger charge is 2.28. The third-order valence-electron chi connectivity index (χ3n) is 3.77. The van der Waals surface area contributed by atoms with Crippen LogP contribution in [0.5, 0.6) is 0 Å². The maximum absolute atomic E-state index is 12.4. The molecule has 2 rings (SSSR count). The molecule has 1 heterocycles. The van der Waals surface area contributed by atoms with Crippen molar-refractivity contribution in [3.05, 3.63) is 40.3 Å². The second-order valence-corrected chi connectivity index (χ2v) is 7.71. The van der Waals surface area contributed by atoms with Gasteiger partial charge in [-0.2, -0.15) is 4.31 Å². The average molecular weight is 329 g/mol. The fourth-order valence-corrected chi connectivity index (χ4v) is 3.88. The van der Waals surface area contributed by atoms with Gasteiger partial charge in [0.1, 0.15) is 0 Å². The van der Waals surface area contributed by atoms with E-state index in [0.717, 1.165) is 12.8 Å². The summed E-state index contributed by atoms with van der Waals surface area (Å²) in [7, 11) is 0.576. The first-order chi connectivity index (χ1) is 9.90. The van der Waals surface area contributed by atoms with Gasteiger partial charge in [0.05, 0.1) is 0 Å². The summed E-state index contributed by atoms with van der Waals surface area (Å²) < 4.78 is 26.4. The molecule has 6 heteroatoms. The molecular formula is C15H21ClN2O2S. The van der Waals surface area contributed by atoms with E-state index in [1.54, 1.807) is 22.5 Å². The minimum Gasteiger partial charge on any atom is -0.305 e. The number of sulfonamides is 1. The SMILES string of the molecule is CN(C)C1CCCN(S(=O)(=O)C=Cc2ccccc2Cl)C1. The molecule has 1 aromatic rings. The number of rotatable bonds is 4. The van der Waals surface area contributed by atoms with Crippen LogP contribution in [0.3, 0.4) is 0 Å². The summed E-state index contributed by atoms with van der Waals surface area (Å²) in [5, 5.41) is 1.81. The van der Waals surface area contributed by atoms with Crippen LogP contribution in [0.15, 0.2) is 29.7 Å². The number of benzene rings is 1. The number of likely N-dealkylation sites (N-methyl/N-ethyl adjacent to an activating group) is 1. The maximum Gasteiger partial charge on any atom is 0.236 e. The molecule has 0 amide bonds. The average Bonchev–Trinajstić information content (AvgIpc) is 2.46. The standard InChI is InChI=1S/C15H21ClN2O2S/c1-17(2)14-7-5-10-18(12-14)21(19,20)11-9-13-6-3-4-8-15(13)16/h3-4,6,8-9,11,14H,5,7,10,12H2,1-2H3. The van der Waals surface area contributed by atoms with E-state index in [1.165, 1.54) is 5.41 Å². The summed E-state index contributed by atoms with van der Waals surface area (Å²) in [6.45, 7) is 1.13. The largest absolute Gasteiger partial charge is 0.305 e. The van der Waals surface area contributed by atoms with Gasteiger partial charge in [-0.05, 0) is 44.6 Å². The quantitative estimate of drug-likeness (QED) is 0.853. The van der Waals surface area contributed by atoms with Gasteiger partial charge in [-0.25, -0.2) is 8.42 Å². The molecule has 1 fully saturated rings. The highest BCUT2D eigenvalue weighted by molar-refractivity contribution is 7.92. The van der Waals surface area contributed by atoms with Crippen LogP contribution < -0.4 is 0 Å². The minimum atomic E-state index is -3.40. The first-order valence-corrected chi connectivity index (χ1v) is 8.87. The zero-order valence-corrected chi connectivity index (χ0v) is 13.9. The Morgan fingerprint density at radius 2 is 2.05 bits per heavy atom. The zero-order valence-electron chi connectivity index (χ0n) is 12.4. The summed E-state index contributed by atoms with van der Waals surface area (Å²) in [4.78, 5) is 2.08. The smallest absolute Gasteiger partial charge is 0.236 e. The van der Waals surface area contributed by atoms with Gasteiger partial charge >= 0.3 is 0 Å². The Labute approximate surface area is 132 Å². The normalized spacial score (nSPS) is 21.2. The van der Waals surface area contributed by atoms with Gasteiger partial charge < -0.3 is 4.90 Å². The molecule has 1 aliphatic rings. The third-order valence-corrected chi connectivity index (χ3v) is 5.65. The molecule has 4 nitrogen and oxygen atoms in total. The summed E-state index contributed by atoms with van der Waals surface area (Å²) in [5.41, 5.74) is 0.712. The van der Waals surface area contributed by atoms with Crippen LogP contribution in [0.1, 0.15) is 18.4 Å². The molecule has 0 spiro atoms. The molecule has 0 aromatic heterocycles. The number of hydrogen-bond acceptors (Lipinski definition) is 3. The highest BCUT2D eigenvalue weighted by atomic mass is 35.5. The Hall–Kier alpha value is -0.880. The Morgan fingerprint density at radius 3 is 2.71 bits per heavy atom. The van der Waals surface area contributed by atoms with Crippen molar-refractivity contribution in [2.75, 3.05) is 27.2 Å². The molecule has 1 atom stereocenters. The van der Waals surface area contributed by atoms with E-state index in [2.05, 4.69) is 4.90 Å². The topological polar surface area (TPSA) is 40.6 Å². The summed E-state index contributed by atoms with van der Waals surface area (Å²) in [5.74, 6) is 0. The third kappa shape index (κ3) is 4.30. The van der Waals surface area contributed by atoms with Crippen LogP contribution in [-0.2, 0) is 10.0 Å². The van der Waals surface area contributed by atoms with E-state index >= 15 is 0 Å². The van der Waals surface area contributed by atoms with E-state index < -0.39 is 10.0 Å². The molecule has 1 saturated heterocycles. The molecule has 0 saturated carbocycles. The Balaban J connectivity index is 2.13. The number of nitrogens with zero attached hydrogens (tertiary/aromatic N) is 2. The molecule has 21 heavy (non-hydrogen) atoms. The summed E-state index contributed by atoms with van der Waals surface area (Å²) in [6.07, 6.45) is 3.49. The molecule has 0 aliphatic carbocycles. The van der Waals surface area contributed by atoms with Crippen LogP contribution >= 0.6 is 11.6 Å². The van der Waals surface area contributed by atoms with E-state index in [9.17, 15) is 8.42 Å². The lowest BCUT2D eigenvalue weighted by Gasteiger charge is -2.34. The lowest BCUT2D eigenvalue weighted by Crippen LogP contribution is -2.46. The lowest BCUT2D eigenvalue weighted by molar-refractivity contribution is 0.191. The number of halogens is 1. The van der Waals surface area contributed by atoms with E-state index in [1.807, 2.05) is 26.2 Å². The van der Waals surface area contributed by atoms with Crippen LogP contribution in [0, 0.1) is 0 Å². The minimum absolute atomic E-state index is 0.280. The Kier molecular flexibility index (Phi) is 5.43. The fourth-order valence-electron chi connectivity index (χ4n) is 2.43. The second kappa shape index (κ2) is 6.92. The Bertz CT molecular complexity index is 614. The van der Waals surface area contributed by atoms with Gasteiger partial charge in [-0.15, -0.1) is 0 Å². The number of piperidine rings is 1. The van der Waals surface area contributed by atoms with E-state index in [0.29, 0.717) is 23.7 Å². The molecular weight excluding hydrogens is 308 g/mol. The highest BCUT2D eigenvalue weighted by Crippen LogP contribution is 2.20. The molecule has 0 bridgehead atoms. The predicted octanol–water partition coefficient (Wildman–Crippen LogP) is 2.67. The van der Waals surface area contributed by atoms with Crippen molar-refractivity contribution >= 4 is 27.7 Å². The molecule has 1 aliphatic heterocycles. The van der Waals surface area contributed by atoms with Crippen molar-refractivity contribution in [3.63, 3.8) is 0 Å². The van der Waals surface area contributed by atoms with Crippen molar-refractivity contribution in [1.82, 2.24) is 9.21 Å². The monoisotopic (exact) mass is 328 g/mol. The molecule has 0 radical (unpaired) electrons. The Morgan fingerprint density at radius 1 is 1.33 bits per heavy atom. The number of hydrogen-bond donors (Lipinski definition) is 0. The van der Waals surface area contributed by atoms with Gasteiger partial charge in [0, 0.05) is 29.6 Å². The van der Waals surface area contributed by atoms with Crippen molar-refractivity contribution < 1.29 is 8.42 Å². The van der Waals surface area contributed by atoms with Gasteiger partial charge in [-0.1, -0.05) is 29.8 Å². The van der Waals surface area contributed by atoms with Crippen molar-refractivity contribution in [2.45, 2.75) is 18.9 Å². The molecule has 1 unspecified atom stereocenters.